The van der Waals surface area contributed by atoms with Gasteiger partial charge in [-0.1, -0.05) is 123 Å². The van der Waals surface area contributed by atoms with E-state index in [-0.39, 0.29) is 5.75 Å². The van der Waals surface area contributed by atoms with E-state index >= 15 is 0 Å². The van der Waals surface area contributed by atoms with Gasteiger partial charge in [0, 0.05) is 17.8 Å². The van der Waals surface area contributed by atoms with Gasteiger partial charge in [0.1, 0.15) is 23.0 Å². The largest absolute Gasteiger partial charge is 0.507 e. The first-order valence-electron chi connectivity index (χ1n) is 21.5. The van der Waals surface area contributed by atoms with E-state index in [0.29, 0.717) is 46.2 Å². The van der Waals surface area contributed by atoms with Gasteiger partial charge in [0.05, 0.1) is 35.8 Å². The lowest BCUT2D eigenvalue weighted by molar-refractivity contribution is 0.0734. The molecule has 0 unspecified atom stereocenters. The number of esters is 1. The second-order valence-electron chi connectivity index (χ2n) is 14.9. The van der Waals surface area contributed by atoms with Gasteiger partial charge in [0.2, 0.25) is 0 Å². The minimum Gasteiger partial charge on any atom is -0.507 e. The number of phenols is 1. The van der Waals surface area contributed by atoms with E-state index in [1.807, 2.05) is 43.3 Å². The molecule has 4 aromatic carbocycles. The molecule has 4 aromatic rings. The molecule has 0 aliphatic carbocycles. The summed E-state index contributed by atoms with van der Waals surface area (Å²) in [4.78, 5) is 17.7. The number of unbranched alkanes of at least 4 members (excludes halogenated alkanes) is 16. The number of benzene rings is 4. The van der Waals surface area contributed by atoms with Gasteiger partial charge in [0.25, 0.3) is 0 Å². The van der Waals surface area contributed by atoms with Crippen LogP contribution in [0.2, 0.25) is 0 Å². The Morgan fingerprint density at radius 3 is 1.58 bits per heavy atom. The van der Waals surface area contributed by atoms with Gasteiger partial charge >= 0.3 is 5.97 Å². The average Bonchev–Trinajstić information content (AvgIpc) is 3.22. The van der Waals surface area contributed by atoms with E-state index in [4.69, 9.17) is 14.2 Å². The first-order valence-corrected chi connectivity index (χ1v) is 21.5. The van der Waals surface area contributed by atoms with Gasteiger partial charge in [-0.2, -0.15) is 10.2 Å². The molecule has 0 spiro atoms. The number of azo groups is 1. The summed E-state index contributed by atoms with van der Waals surface area (Å²) >= 11 is 0. The highest BCUT2D eigenvalue weighted by Gasteiger charge is 2.14. The Labute approximate surface area is 341 Å². The smallest absolute Gasteiger partial charge is 0.343 e. The fraction of sp³-hybridized carbons (Fsp3) is 0.469. The second-order valence-corrected chi connectivity index (χ2v) is 14.9. The molecule has 0 aromatic heterocycles. The number of aromatic hydroxyl groups is 1. The lowest BCUT2D eigenvalue weighted by Gasteiger charge is -2.09. The summed E-state index contributed by atoms with van der Waals surface area (Å²) in [7, 11) is 0. The standard InChI is InChI=1S/C49H65N3O5/c1-4-6-8-10-12-14-15-17-19-21-36-56-45-30-25-40(48(53)37-45)38-50-47-24-22-23-46(39(47)3)49(54)57-44-33-28-42(29-34-44)52-51-41-26-31-43(32-27-41)55-35-20-18-16-13-11-9-7-5-2/h22-34,37-38,53H,4-21,35-36H2,1-3H3. The summed E-state index contributed by atoms with van der Waals surface area (Å²) in [5.41, 5.74) is 3.59. The summed E-state index contributed by atoms with van der Waals surface area (Å²) < 4.78 is 17.5. The van der Waals surface area contributed by atoms with E-state index in [0.717, 1.165) is 37.3 Å². The number of carbonyl (C=O) groups is 1. The third-order valence-electron chi connectivity index (χ3n) is 10.1. The van der Waals surface area contributed by atoms with Crippen LogP contribution in [0.4, 0.5) is 17.1 Å². The number of aliphatic imine (C=N–C) groups is 1. The quantitative estimate of drug-likeness (QED) is 0.0203. The topological polar surface area (TPSA) is 102 Å². The number of hydrogen-bond acceptors (Lipinski definition) is 8. The molecule has 0 bridgehead atoms. The van der Waals surface area contributed by atoms with Crippen LogP contribution < -0.4 is 14.2 Å². The van der Waals surface area contributed by atoms with Crippen LogP contribution in [0.25, 0.3) is 0 Å². The fourth-order valence-corrected chi connectivity index (χ4v) is 6.52. The Bertz CT molecular complexity index is 1790. The molecule has 0 atom stereocenters. The molecule has 8 heteroatoms. The predicted molar refractivity (Wildman–Crippen MR) is 234 cm³/mol. The summed E-state index contributed by atoms with van der Waals surface area (Å²) in [6, 6.07) is 25.0. The minimum absolute atomic E-state index is 0.0858. The highest BCUT2D eigenvalue weighted by molar-refractivity contribution is 5.94. The molecule has 0 aliphatic rings. The van der Waals surface area contributed by atoms with Gasteiger partial charge < -0.3 is 19.3 Å². The van der Waals surface area contributed by atoms with Crippen molar-refractivity contribution in [3.8, 4) is 23.0 Å². The molecular weight excluding hydrogens is 711 g/mol. The van der Waals surface area contributed by atoms with Crippen LogP contribution >= 0.6 is 0 Å². The van der Waals surface area contributed by atoms with E-state index in [1.165, 1.54) is 96.3 Å². The Kier molecular flexibility index (Phi) is 21.0. The number of carbonyl (C=O) groups excluding carboxylic acids is 1. The summed E-state index contributed by atoms with van der Waals surface area (Å²) in [5.74, 6) is 1.46. The van der Waals surface area contributed by atoms with Crippen molar-refractivity contribution in [2.75, 3.05) is 13.2 Å². The maximum absolute atomic E-state index is 13.2. The zero-order valence-electron chi connectivity index (χ0n) is 34.7. The Balaban J connectivity index is 1.18. The molecule has 0 amide bonds. The van der Waals surface area contributed by atoms with Gasteiger partial charge in [-0.3, -0.25) is 4.99 Å². The highest BCUT2D eigenvalue weighted by Crippen LogP contribution is 2.28. The lowest BCUT2D eigenvalue weighted by Crippen LogP contribution is -2.10. The molecule has 4 rings (SSSR count). The van der Waals surface area contributed by atoms with Gasteiger partial charge in [-0.15, -0.1) is 0 Å². The first kappa shape index (κ1) is 44.7. The van der Waals surface area contributed by atoms with E-state index in [2.05, 4.69) is 29.1 Å². The third-order valence-corrected chi connectivity index (χ3v) is 10.1. The van der Waals surface area contributed by atoms with Crippen molar-refractivity contribution in [1.82, 2.24) is 0 Å². The third kappa shape index (κ3) is 17.4. The maximum atomic E-state index is 13.2. The molecule has 8 nitrogen and oxygen atoms in total. The van der Waals surface area contributed by atoms with Gasteiger partial charge in [-0.05, 0) is 98.1 Å². The monoisotopic (exact) mass is 775 g/mol. The van der Waals surface area contributed by atoms with Gasteiger partial charge in [0.15, 0.2) is 0 Å². The Morgan fingerprint density at radius 2 is 1.05 bits per heavy atom. The van der Waals surface area contributed by atoms with E-state index in [1.54, 1.807) is 54.7 Å². The first-order chi connectivity index (χ1) is 28.0. The van der Waals surface area contributed by atoms with Crippen LogP contribution in [-0.4, -0.2) is 30.5 Å². The SMILES string of the molecule is CCCCCCCCCCCCOc1ccc(C=Nc2cccc(C(=O)Oc3ccc(N=Nc4ccc(OCCCCCCCCCC)cc4)cc3)c2C)c(O)c1. The summed E-state index contributed by atoms with van der Waals surface area (Å²) in [6.07, 6.45) is 24.5. The zero-order valence-corrected chi connectivity index (χ0v) is 34.7. The van der Waals surface area contributed by atoms with Crippen LogP contribution in [0.15, 0.2) is 100 Å². The number of nitrogens with zero attached hydrogens (tertiary/aromatic N) is 3. The Morgan fingerprint density at radius 1 is 0.579 bits per heavy atom. The van der Waals surface area contributed by atoms with Crippen molar-refractivity contribution in [3.63, 3.8) is 0 Å². The molecule has 0 fully saturated rings. The molecule has 0 saturated heterocycles. The second kappa shape index (κ2) is 26.8. The number of rotatable bonds is 28. The number of phenolic OH excluding ortho intramolecular Hbond substituents is 1. The van der Waals surface area contributed by atoms with Crippen molar-refractivity contribution in [1.29, 1.82) is 0 Å². The van der Waals surface area contributed by atoms with Crippen LogP contribution in [0.1, 0.15) is 151 Å². The zero-order chi connectivity index (χ0) is 40.3. The van der Waals surface area contributed by atoms with Crippen LogP contribution in [0, 0.1) is 6.92 Å². The van der Waals surface area contributed by atoms with Crippen LogP contribution in [-0.2, 0) is 0 Å². The molecule has 0 heterocycles. The lowest BCUT2D eigenvalue weighted by atomic mass is 10.1. The number of hydrogen-bond donors (Lipinski definition) is 1. The molecule has 0 aliphatic heterocycles. The molecule has 306 valence electrons. The summed E-state index contributed by atoms with van der Waals surface area (Å²) in [6.45, 7) is 7.68. The predicted octanol–water partition coefficient (Wildman–Crippen LogP) is 14.9. The van der Waals surface area contributed by atoms with Crippen LogP contribution in [0.5, 0.6) is 23.0 Å². The Hall–Kier alpha value is -4.98. The van der Waals surface area contributed by atoms with Crippen molar-refractivity contribution in [2.45, 2.75) is 136 Å². The van der Waals surface area contributed by atoms with Crippen LogP contribution in [0.3, 0.4) is 0 Å². The molecule has 0 radical (unpaired) electrons. The highest BCUT2D eigenvalue weighted by atomic mass is 16.5. The molecule has 0 saturated carbocycles. The van der Waals surface area contributed by atoms with E-state index < -0.39 is 5.97 Å². The number of ether oxygens (including phenoxy) is 3. The normalized spacial score (nSPS) is 11.4. The van der Waals surface area contributed by atoms with Crippen molar-refractivity contribution in [3.05, 3.63) is 102 Å². The molecular formula is C49H65N3O5. The van der Waals surface area contributed by atoms with Crippen molar-refractivity contribution in [2.24, 2.45) is 15.2 Å². The minimum atomic E-state index is -0.490. The van der Waals surface area contributed by atoms with Gasteiger partial charge in [-0.25, -0.2) is 4.79 Å². The van der Waals surface area contributed by atoms with Crippen molar-refractivity contribution < 1.29 is 24.1 Å². The summed E-state index contributed by atoms with van der Waals surface area (Å²) in [5, 5.41) is 19.3. The van der Waals surface area contributed by atoms with E-state index in [9.17, 15) is 9.90 Å². The molecule has 57 heavy (non-hydrogen) atoms. The average molecular weight is 776 g/mol. The fourth-order valence-electron chi connectivity index (χ4n) is 6.52. The molecule has 1 N–H and O–H groups in total. The maximum Gasteiger partial charge on any atom is 0.343 e. The van der Waals surface area contributed by atoms with Crippen molar-refractivity contribution >= 4 is 29.2 Å².